The molecule has 1 N–H and O–H groups in total. The third-order valence-corrected chi connectivity index (χ3v) is 4.68. The van der Waals surface area contributed by atoms with Crippen LogP contribution in [0.1, 0.15) is 28.6 Å². The van der Waals surface area contributed by atoms with E-state index in [2.05, 4.69) is 4.90 Å². The Kier molecular flexibility index (Phi) is 7.65. The fourth-order valence-corrected chi connectivity index (χ4v) is 3.15. The van der Waals surface area contributed by atoms with Crippen molar-refractivity contribution in [2.24, 2.45) is 0 Å². The van der Waals surface area contributed by atoms with Crippen molar-refractivity contribution in [3.63, 3.8) is 0 Å². The Morgan fingerprint density at radius 1 is 1.07 bits per heavy atom. The van der Waals surface area contributed by atoms with Crippen molar-refractivity contribution in [2.45, 2.75) is 26.1 Å². The molecule has 0 aliphatic rings. The summed E-state index contributed by atoms with van der Waals surface area (Å²) < 4.78 is 16.4. The summed E-state index contributed by atoms with van der Waals surface area (Å²) in [5.74, 6) is 2.17. The number of aliphatic hydroxyl groups is 1. The maximum absolute atomic E-state index is 11.5. The molecule has 0 saturated carbocycles. The zero-order chi connectivity index (χ0) is 21.3. The largest absolute Gasteiger partial charge is 0.497 e. The number of hydrogen-bond acceptors (Lipinski definition) is 6. The number of furan rings is 1. The highest BCUT2D eigenvalue weighted by Crippen LogP contribution is 2.17. The Morgan fingerprint density at radius 2 is 1.87 bits per heavy atom. The van der Waals surface area contributed by atoms with Crippen LogP contribution in [0.3, 0.4) is 0 Å². The molecule has 1 aromatic heterocycles. The molecule has 6 heteroatoms. The molecule has 0 saturated heterocycles. The summed E-state index contributed by atoms with van der Waals surface area (Å²) in [5.41, 5.74) is 1.69. The van der Waals surface area contributed by atoms with E-state index in [1.54, 1.807) is 37.6 Å². The summed E-state index contributed by atoms with van der Waals surface area (Å²) in [6, 6.07) is 18.6. The second kappa shape index (κ2) is 10.6. The van der Waals surface area contributed by atoms with Crippen LogP contribution in [0.25, 0.3) is 0 Å². The lowest BCUT2D eigenvalue weighted by atomic mass is 10.1. The molecule has 30 heavy (non-hydrogen) atoms. The number of ketones is 1. The number of rotatable bonds is 11. The standard InChI is InChI=1S/C24H27NO5/c1-18(26)20-5-3-6-23(13-20)30-17-21(27)15-25(16-24-7-4-12-29-24)14-19-8-10-22(28-2)11-9-19/h3-13,21,27H,14-17H2,1-2H3. The quantitative estimate of drug-likeness (QED) is 0.484. The summed E-state index contributed by atoms with van der Waals surface area (Å²) >= 11 is 0. The van der Waals surface area contributed by atoms with E-state index in [-0.39, 0.29) is 12.4 Å². The van der Waals surface area contributed by atoms with Crippen molar-refractivity contribution < 1.29 is 23.8 Å². The summed E-state index contributed by atoms with van der Waals surface area (Å²) in [6.07, 6.45) is 0.932. The van der Waals surface area contributed by atoms with Crippen molar-refractivity contribution in [1.29, 1.82) is 0 Å². The normalized spacial score (nSPS) is 12.0. The van der Waals surface area contributed by atoms with Crippen LogP contribution in [0.5, 0.6) is 11.5 Å². The van der Waals surface area contributed by atoms with E-state index < -0.39 is 6.10 Å². The number of benzene rings is 2. The highest BCUT2D eigenvalue weighted by Gasteiger charge is 2.15. The molecule has 1 heterocycles. The number of aliphatic hydroxyl groups excluding tert-OH is 1. The number of methoxy groups -OCH3 is 1. The Bertz CT molecular complexity index is 921. The number of carbonyl (C=O) groups excluding carboxylic acids is 1. The first-order chi connectivity index (χ1) is 14.5. The van der Waals surface area contributed by atoms with Gasteiger partial charge >= 0.3 is 0 Å². The summed E-state index contributed by atoms with van der Waals surface area (Å²) in [4.78, 5) is 13.6. The molecule has 1 unspecified atom stereocenters. The number of nitrogens with zero attached hydrogens (tertiary/aromatic N) is 1. The minimum Gasteiger partial charge on any atom is -0.497 e. The van der Waals surface area contributed by atoms with Crippen LogP contribution in [0.15, 0.2) is 71.3 Å². The van der Waals surface area contributed by atoms with Gasteiger partial charge in [0.1, 0.15) is 30.0 Å². The van der Waals surface area contributed by atoms with E-state index in [0.717, 1.165) is 17.1 Å². The highest BCUT2D eigenvalue weighted by atomic mass is 16.5. The first kappa shape index (κ1) is 21.6. The Morgan fingerprint density at radius 3 is 2.53 bits per heavy atom. The zero-order valence-electron chi connectivity index (χ0n) is 17.3. The molecule has 0 spiro atoms. The third-order valence-electron chi connectivity index (χ3n) is 4.68. The van der Waals surface area contributed by atoms with Crippen LogP contribution >= 0.6 is 0 Å². The van der Waals surface area contributed by atoms with Crippen molar-refractivity contribution in [1.82, 2.24) is 4.90 Å². The number of hydrogen-bond donors (Lipinski definition) is 1. The predicted molar refractivity (Wildman–Crippen MR) is 114 cm³/mol. The van der Waals surface area contributed by atoms with E-state index in [1.165, 1.54) is 6.92 Å². The van der Waals surface area contributed by atoms with E-state index in [1.807, 2.05) is 36.4 Å². The van der Waals surface area contributed by atoms with E-state index >= 15 is 0 Å². The molecule has 6 nitrogen and oxygen atoms in total. The van der Waals surface area contributed by atoms with Gasteiger partial charge in [0.05, 0.1) is 19.9 Å². The van der Waals surface area contributed by atoms with Crippen LogP contribution in [0, 0.1) is 0 Å². The SMILES string of the molecule is COc1ccc(CN(Cc2ccco2)CC(O)COc2cccc(C(C)=O)c2)cc1. The number of Topliss-reactive ketones (excluding diaryl/α,β-unsaturated/α-hetero) is 1. The van der Waals surface area contributed by atoms with Crippen molar-refractivity contribution in [3.8, 4) is 11.5 Å². The second-order valence-corrected chi connectivity index (χ2v) is 7.15. The predicted octanol–water partition coefficient (Wildman–Crippen LogP) is 3.93. The summed E-state index contributed by atoms with van der Waals surface area (Å²) in [5, 5.41) is 10.6. The smallest absolute Gasteiger partial charge is 0.159 e. The molecular weight excluding hydrogens is 382 g/mol. The lowest BCUT2D eigenvalue weighted by Gasteiger charge is -2.24. The maximum atomic E-state index is 11.5. The van der Waals surface area contributed by atoms with Crippen LogP contribution in [-0.2, 0) is 13.1 Å². The third kappa shape index (κ3) is 6.47. The van der Waals surface area contributed by atoms with Gasteiger partial charge in [-0.15, -0.1) is 0 Å². The van der Waals surface area contributed by atoms with E-state index in [0.29, 0.717) is 30.9 Å². The number of ether oxygens (including phenoxy) is 2. The van der Waals surface area contributed by atoms with Crippen molar-refractivity contribution >= 4 is 5.78 Å². The fraction of sp³-hybridized carbons (Fsp3) is 0.292. The number of carbonyl (C=O) groups is 1. The second-order valence-electron chi connectivity index (χ2n) is 7.15. The Balaban J connectivity index is 1.61. The van der Waals surface area contributed by atoms with Gasteiger partial charge in [-0.25, -0.2) is 0 Å². The molecular formula is C24H27NO5. The highest BCUT2D eigenvalue weighted by molar-refractivity contribution is 5.94. The van der Waals surface area contributed by atoms with Crippen LogP contribution in [0.2, 0.25) is 0 Å². The van der Waals surface area contributed by atoms with E-state index in [9.17, 15) is 9.90 Å². The average molecular weight is 409 g/mol. The van der Waals surface area contributed by atoms with Gasteiger partial charge in [0.25, 0.3) is 0 Å². The maximum Gasteiger partial charge on any atom is 0.159 e. The van der Waals surface area contributed by atoms with Crippen molar-refractivity contribution in [3.05, 3.63) is 83.8 Å². The van der Waals surface area contributed by atoms with Crippen LogP contribution in [-0.4, -0.2) is 42.2 Å². The summed E-state index contributed by atoms with van der Waals surface area (Å²) in [7, 11) is 1.64. The monoisotopic (exact) mass is 409 g/mol. The minimum absolute atomic E-state index is 0.0230. The van der Waals surface area contributed by atoms with Crippen LogP contribution < -0.4 is 9.47 Å². The molecule has 0 amide bonds. The van der Waals surface area contributed by atoms with Crippen LogP contribution in [0.4, 0.5) is 0 Å². The van der Waals surface area contributed by atoms with E-state index in [4.69, 9.17) is 13.9 Å². The first-order valence-corrected chi connectivity index (χ1v) is 9.83. The molecule has 1 atom stereocenters. The lowest BCUT2D eigenvalue weighted by molar-refractivity contribution is 0.0604. The lowest BCUT2D eigenvalue weighted by Crippen LogP contribution is -2.35. The molecule has 2 aromatic carbocycles. The molecule has 0 fully saturated rings. The minimum atomic E-state index is -0.709. The first-order valence-electron chi connectivity index (χ1n) is 9.83. The Labute approximate surface area is 176 Å². The summed E-state index contributed by atoms with van der Waals surface area (Å²) in [6.45, 7) is 3.24. The van der Waals surface area contributed by atoms with Gasteiger partial charge in [-0.3, -0.25) is 9.69 Å². The molecule has 3 rings (SSSR count). The van der Waals surface area contributed by atoms with Gasteiger partial charge < -0.3 is 19.0 Å². The molecule has 0 aliphatic carbocycles. The topological polar surface area (TPSA) is 72.1 Å². The molecule has 0 bridgehead atoms. The molecule has 0 aliphatic heterocycles. The van der Waals surface area contributed by atoms with Gasteiger partial charge in [0, 0.05) is 18.7 Å². The van der Waals surface area contributed by atoms with Gasteiger partial charge in [-0.05, 0) is 48.9 Å². The Hall–Kier alpha value is -3.09. The zero-order valence-corrected chi connectivity index (χ0v) is 17.3. The van der Waals surface area contributed by atoms with Gasteiger partial charge in [-0.2, -0.15) is 0 Å². The van der Waals surface area contributed by atoms with Crippen molar-refractivity contribution in [2.75, 3.05) is 20.3 Å². The fourth-order valence-electron chi connectivity index (χ4n) is 3.15. The molecule has 3 aromatic rings. The average Bonchev–Trinajstić information content (AvgIpc) is 3.26. The van der Waals surface area contributed by atoms with Gasteiger partial charge in [0.2, 0.25) is 0 Å². The molecule has 158 valence electrons. The molecule has 0 radical (unpaired) electrons. The van der Waals surface area contributed by atoms with Gasteiger partial charge in [0.15, 0.2) is 5.78 Å². The van der Waals surface area contributed by atoms with Gasteiger partial charge in [-0.1, -0.05) is 24.3 Å².